The van der Waals surface area contributed by atoms with Crippen LogP contribution in [-0.4, -0.2) is 85.8 Å². The number of ether oxygens (including phenoxy) is 2. The molecule has 132 valence electrons. The van der Waals surface area contributed by atoms with Gasteiger partial charge in [0.1, 0.15) is 0 Å². The minimum Gasteiger partial charge on any atom is -0.494 e. The zero-order chi connectivity index (χ0) is 17.3. The van der Waals surface area contributed by atoms with E-state index < -0.39 is 10.0 Å². The molecule has 0 bridgehead atoms. The SMILES string of the molecule is COc1cnc(C(=O)N2C[C@@H]3CN(S(C)(=O)=O)CCO[C@@H]3C2)nc1. The van der Waals surface area contributed by atoms with Crippen molar-refractivity contribution in [3.8, 4) is 5.75 Å². The maximum atomic E-state index is 12.5. The molecule has 0 radical (unpaired) electrons. The predicted molar refractivity (Wildman–Crippen MR) is 84.1 cm³/mol. The molecule has 24 heavy (non-hydrogen) atoms. The minimum atomic E-state index is -3.27. The maximum Gasteiger partial charge on any atom is 0.291 e. The van der Waals surface area contributed by atoms with E-state index in [0.29, 0.717) is 38.5 Å². The van der Waals surface area contributed by atoms with Gasteiger partial charge in [0.05, 0.1) is 38.5 Å². The Morgan fingerprint density at radius 3 is 2.62 bits per heavy atom. The summed E-state index contributed by atoms with van der Waals surface area (Å²) in [5, 5.41) is 0. The number of methoxy groups -OCH3 is 1. The van der Waals surface area contributed by atoms with Crippen LogP contribution in [0.3, 0.4) is 0 Å². The van der Waals surface area contributed by atoms with Crippen molar-refractivity contribution in [2.75, 3.05) is 46.2 Å². The van der Waals surface area contributed by atoms with E-state index in [1.54, 1.807) is 4.90 Å². The summed E-state index contributed by atoms with van der Waals surface area (Å²) in [5.74, 6) is 0.224. The zero-order valence-electron chi connectivity index (χ0n) is 13.6. The fourth-order valence-corrected chi connectivity index (χ4v) is 3.87. The lowest BCUT2D eigenvalue weighted by atomic mass is 10.1. The molecule has 2 aliphatic rings. The van der Waals surface area contributed by atoms with E-state index in [1.165, 1.54) is 30.1 Å². The van der Waals surface area contributed by atoms with Gasteiger partial charge in [-0.1, -0.05) is 0 Å². The van der Waals surface area contributed by atoms with Crippen LogP contribution in [0.5, 0.6) is 5.75 Å². The van der Waals surface area contributed by atoms with E-state index in [4.69, 9.17) is 9.47 Å². The second kappa shape index (κ2) is 6.61. The van der Waals surface area contributed by atoms with Gasteiger partial charge < -0.3 is 14.4 Å². The first-order valence-corrected chi connectivity index (χ1v) is 9.45. The Hall–Kier alpha value is -1.78. The molecule has 0 aromatic carbocycles. The fraction of sp³-hybridized carbons (Fsp3) is 0.643. The Kier molecular flexibility index (Phi) is 4.70. The monoisotopic (exact) mass is 356 g/mol. The second-order valence-electron chi connectivity index (χ2n) is 5.95. The molecule has 0 aliphatic carbocycles. The average molecular weight is 356 g/mol. The van der Waals surface area contributed by atoms with Crippen molar-refractivity contribution in [2.45, 2.75) is 6.10 Å². The smallest absolute Gasteiger partial charge is 0.291 e. The van der Waals surface area contributed by atoms with Gasteiger partial charge in [0.15, 0.2) is 5.75 Å². The third-order valence-corrected chi connectivity index (χ3v) is 5.57. The van der Waals surface area contributed by atoms with E-state index in [0.717, 1.165) is 0 Å². The molecule has 2 atom stereocenters. The number of hydrogen-bond acceptors (Lipinski definition) is 7. The molecule has 3 rings (SSSR count). The van der Waals surface area contributed by atoms with Crippen molar-refractivity contribution in [3.63, 3.8) is 0 Å². The molecular formula is C14H20N4O5S. The largest absolute Gasteiger partial charge is 0.494 e. The molecule has 9 nitrogen and oxygen atoms in total. The van der Waals surface area contributed by atoms with Gasteiger partial charge in [-0.25, -0.2) is 18.4 Å². The van der Waals surface area contributed by atoms with E-state index >= 15 is 0 Å². The van der Waals surface area contributed by atoms with Gasteiger partial charge >= 0.3 is 0 Å². The van der Waals surface area contributed by atoms with E-state index in [1.807, 2.05) is 0 Å². The summed E-state index contributed by atoms with van der Waals surface area (Å²) in [4.78, 5) is 22.2. The normalized spacial score (nSPS) is 25.2. The molecule has 0 N–H and O–H groups in total. The summed E-state index contributed by atoms with van der Waals surface area (Å²) in [6.07, 6.45) is 3.90. The number of hydrogen-bond donors (Lipinski definition) is 0. The molecular weight excluding hydrogens is 336 g/mol. The van der Waals surface area contributed by atoms with Crippen LogP contribution in [-0.2, 0) is 14.8 Å². The lowest BCUT2D eigenvalue weighted by molar-refractivity contribution is 0.0489. The molecule has 1 amide bonds. The van der Waals surface area contributed by atoms with E-state index in [2.05, 4.69) is 9.97 Å². The molecule has 1 aromatic heterocycles. The number of fused-ring (bicyclic) bond motifs is 1. The van der Waals surface area contributed by atoms with Gasteiger partial charge in [0, 0.05) is 32.1 Å². The Labute approximate surface area is 140 Å². The summed E-state index contributed by atoms with van der Waals surface area (Å²) in [5.41, 5.74) is 0. The van der Waals surface area contributed by atoms with Crippen LogP contribution in [0, 0.1) is 5.92 Å². The minimum absolute atomic E-state index is 0.0515. The third-order valence-electron chi connectivity index (χ3n) is 4.30. The number of carbonyl (C=O) groups is 1. The third kappa shape index (κ3) is 3.50. The number of likely N-dealkylation sites (tertiary alicyclic amines) is 1. The summed E-state index contributed by atoms with van der Waals surface area (Å²) in [6.45, 7) is 1.87. The Bertz CT molecular complexity index is 708. The highest BCUT2D eigenvalue weighted by atomic mass is 32.2. The molecule has 2 aliphatic heterocycles. The average Bonchev–Trinajstić information content (AvgIpc) is 2.84. The van der Waals surface area contributed by atoms with Crippen LogP contribution in [0.15, 0.2) is 12.4 Å². The standard InChI is InChI=1S/C14H20N4O5S/c1-22-11-5-15-13(16-6-11)14(19)17-7-10-8-18(24(2,20)21)3-4-23-12(10)9-17/h5-6,10,12H,3-4,7-9H2,1-2H3/t10-,12-/m1/s1. The lowest BCUT2D eigenvalue weighted by Crippen LogP contribution is -2.37. The van der Waals surface area contributed by atoms with Gasteiger partial charge in [-0.3, -0.25) is 4.79 Å². The first-order valence-electron chi connectivity index (χ1n) is 7.60. The molecule has 10 heteroatoms. The second-order valence-corrected chi connectivity index (χ2v) is 7.93. The first-order chi connectivity index (χ1) is 11.4. The summed E-state index contributed by atoms with van der Waals surface area (Å²) >= 11 is 0. The van der Waals surface area contributed by atoms with Crippen molar-refractivity contribution in [1.82, 2.24) is 19.2 Å². The summed E-state index contributed by atoms with van der Waals surface area (Å²) < 4.78 is 35.7. The van der Waals surface area contributed by atoms with Crippen molar-refractivity contribution in [2.24, 2.45) is 5.92 Å². The highest BCUT2D eigenvalue weighted by Crippen LogP contribution is 2.25. The number of rotatable bonds is 3. The lowest BCUT2D eigenvalue weighted by Gasteiger charge is -2.21. The molecule has 3 heterocycles. The van der Waals surface area contributed by atoms with Crippen LogP contribution in [0.2, 0.25) is 0 Å². The quantitative estimate of drug-likeness (QED) is 0.700. The first kappa shape index (κ1) is 17.1. The van der Waals surface area contributed by atoms with Crippen LogP contribution in [0.4, 0.5) is 0 Å². The highest BCUT2D eigenvalue weighted by molar-refractivity contribution is 7.88. The highest BCUT2D eigenvalue weighted by Gasteiger charge is 2.40. The van der Waals surface area contributed by atoms with Crippen LogP contribution in [0.1, 0.15) is 10.6 Å². The topological polar surface area (TPSA) is 102 Å². The van der Waals surface area contributed by atoms with Gasteiger partial charge in [0.25, 0.3) is 5.91 Å². The zero-order valence-corrected chi connectivity index (χ0v) is 14.4. The van der Waals surface area contributed by atoms with Crippen molar-refractivity contribution in [1.29, 1.82) is 0 Å². The number of aromatic nitrogens is 2. The van der Waals surface area contributed by atoms with Crippen molar-refractivity contribution in [3.05, 3.63) is 18.2 Å². The molecule has 0 spiro atoms. The van der Waals surface area contributed by atoms with Gasteiger partial charge in [-0.05, 0) is 0 Å². The molecule has 2 fully saturated rings. The molecule has 0 saturated carbocycles. The van der Waals surface area contributed by atoms with Gasteiger partial charge in [-0.15, -0.1) is 0 Å². The Morgan fingerprint density at radius 2 is 2.00 bits per heavy atom. The molecule has 1 aromatic rings. The number of amides is 1. The number of sulfonamides is 1. The maximum absolute atomic E-state index is 12.5. The van der Waals surface area contributed by atoms with Gasteiger partial charge in [-0.2, -0.15) is 4.31 Å². The Balaban J connectivity index is 1.70. The van der Waals surface area contributed by atoms with Crippen LogP contribution >= 0.6 is 0 Å². The fourth-order valence-electron chi connectivity index (χ4n) is 3.00. The Morgan fingerprint density at radius 1 is 1.29 bits per heavy atom. The van der Waals surface area contributed by atoms with Crippen LogP contribution in [0.25, 0.3) is 0 Å². The van der Waals surface area contributed by atoms with Crippen LogP contribution < -0.4 is 4.74 Å². The van der Waals surface area contributed by atoms with E-state index in [-0.39, 0.29) is 23.8 Å². The number of carbonyl (C=O) groups excluding carboxylic acids is 1. The van der Waals surface area contributed by atoms with Crippen molar-refractivity contribution >= 4 is 15.9 Å². The van der Waals surface area contributed by atoms with Gasteiger partial charge in [0.2, 0.25) is 15.8 Å². The molecule has 0 unspecified atom stereocenters. The summed E-state index contributed by atoms with van der Waals surface area (Å²) in [7, 11) is -1.77. The van der Waals surface area contributed by atoms with E-state index in [9.17, 15) is 13.2 Å². The summed E-state index contributed by atoms with van der Waals surface area (Å²) in [6, 6.07) is 0. The molecule has 2 saturated heterocycles. The van der Waals surface area contributed by atoms with Crippen molar-refractivity contribution < 1.29 is 22.7 Å². The predicted octanol–water partition coefficient (Wildman–Crippen LogP) is -0.782. The number of nitrogens with zero attached hydrogens (tertiary/aromatic N) is 4.